The van der Waals surface area contributed by atoms with Crippen LogP contribution in [-0.2, 0) is 28.6 Å². The van der Waals surface area contributed by atoms with Crippen molar-refractivity contribution in [2.45, 2.75) is 60.0 Å². The van der Waals surface area contributed by atoms with Crippen LogP contribution in [0, 0.1) is 35.0 Å². The molecular weight excluding hydrogens is 360 g/mol. The molecule has 0 aromatic heterocycles. The maximum Gasteiger partial charge on any atom is 0.311 e. The first-order chi connectivity index (χ1) is 13.2. The normalized spacial score (nSPS) is 32.2. The van der Waals surface area contributed by atoms with Crippen LogP contribution in [-0.4, -0.2) is 37.7 Å². The average molecular weight is 395 g/mol. The molecule has 0 amide bonds. The van der Waals surface area contributed by atoms with Crippen molar-refractivity contribution in [3.8, 4) is 0 Å². The second-order valence-corrected chi connectivity index (χ2v) is 8.64. The zero-order chi connectivity index (χ0) is 21.1. The van der Waals surface area contributed by atoms with Gasteiger partial charge >= 0.3 is 17.9 Å². The highest BCUT2D eigenvalue weighted by Gasteiger charge is 2.51. The third-order valence-corrected chi connectivity index (χ3v) is 6.43. The van der Waals surface area contributed by atoms with Gasteiger partial charge in [-0.1, -0.05) is 26.0 Å². The second-order valence-electron chi connectivity index (χ2n) is 8.64. The van der Waals surface area contributed by atoms with Gasteiger partial charge in [0, 0.05) is 5.92 Å². The quantitative estimate of drug-likeness (QED) is 0.389. The van der Waals surface area contributed by atoms with Gasteiger partial charge in [-0.3, -0.25) is 14.4 Å². The third kappa shape index (κ3) is 4.58. The molecule has 1 saturated carbocycles. The molecule has 6 atom stereocenters. The first-order valence-corrected chi connectivity index (χ1v) is 10.3. The maximum atomic E-state index is 12.8. The Morgan fingerprint density at radius 2 is 1.75 bits per heavy atom. The van der Waals surface area contributed by atoms with E-state index < -0.39 is 17.4 Å². The zero-order valence-corrected chi connectivity index (χ0v) is 17.9. The van der Waals surface area contributed by atoms with Gasteiger partial charge in [0.05, 0.1) is 31.0 Å². The first kappa shape index (κ1) is 22.4. The number of carbonyl (C=O) groups excluding carboxylic acids is 3. The average Bonchev–Trinajstić information content (AvgIpc) is 2.67. The molecule has 6 heteroatoms. The van der Waals surface area contributed by atoms with Crippen LogP contribution in [0.2, 0.25) is 0 Å². The van der Waals surface area contributed by atoms with Crippen molar-refractivity contribution in [1.82, 2.24) is 0 Å². The second kappa shape index (κ2) is 9.10. The van der Waals surface area contributed by atoms with Crippen LogP contribution in [0.4, 0.5) is 0 Å². The lowest BCUT2D eigenvalue weighted by Gasteiger charge is -2.46. The van der Waals surface area contributed by atoms with Crippen LogP contribution in [0.5, 0.6) is 0 Å². The van der Waals surface area contributed by atoms with Gasteiger partial charge in [-0.15, -0.1) is 0 Å². The van der Waals surface area contributed by atoms with E-state index in [2.05, 4.69) is 6.08 Å². The fraction of sp³-hybridized carbons (Fsp3) is 0.773. The molecule has 2 rings (SSSR count). The van der Waals surface area contributed by atoms with Crippen LogP contribution >= 0.6 is 0 Å². The number of hydrogen-bond acceptors (Lipinski definition) is 6. The van der Waals surface area contributed by atoms with Gasteiger partial charge in [0.25, 0.3) is 0 Å². The van der Waals surface area contributed by atoms with Gasteiger partial charge in [-0.25, -0.2) is 0 Å². The highest BCUT2D eigenvalue weighted by molar-refractivity contribution is 5.77. The Morgan fingerprint density at radius 1 is 1.07 bits per heavy atom. The summed E-state index contributed by atoms with van der Waals surface area (Å²) in [5.74, 6) is -1.85. The largest absolute Gasteiger partial charge is 0.469 e. The molecule has 0 saturated heterocycles. The lowest BCUT2D eigenvalue weighted by molar-refractivity contribution is -0.178. The molecule has 2 aliphatic carbocycles. The molecule has 0 aromatic carbocycles. The molecular formula is C22H34O6. The number of esters is 3. The van der Waals surface area contributed by atoms with E-state index in [1.165, 1.54) is 7.11 Å². The lowest BCUT2D eigenvalue weighted by atomic mass is 9.61. The van der Waals surface area contributed by atoms with E-state index >= 15 is 0 Å². The summed E-state index contributed by atoms with van der Waals surface area (Å²) >= 11 is 0. The number of fused-ring (bicyclic) bond motifs is 1. The van der Waals surface area contributed by atoms with Gasteiger partial charge in [0.1, 0.15) is 6.10 Å². The fourth-order valence-electron chi connectivity index (χ4n) is 4.33. The minimum Gasteiger partial charge on any atom is -0.469 e. The molecule has 0 heterocycles. The van der Waals surface area contributed by atoms with Gasteiger partial charge < -0.3 is 14.2 Å². The smallest absolute Gasteiger partial charge is 0.311 e. The van der Waals surface area contributed by atoms with E-state index in [0.717, 1.165) is 0 Å². The van der Waals surface area contributed by atoms with Gasteiger partial charge in [0.2, 0.25) is 0 Å². The molecule has 0 radical (unpaired) electrons. The number of hydrogen-bond donors (Lipinski definition) is 0. The van der Waals surface area contributed by atoms with Crippen molar-refractivity contribution < 1.29 is 28.6 Å². The monoisotopic (exact) mass is 394 g/mol. The molecule has 158 valence electrons. The van der Waals surface area contributed by atoms with E-state index in [4.69, 9.17) is 14.2 Å². The minimum atomic E-state index is -0.622. The molecule has 2 aliphatic rings. The van der Waals surface area contributed by atoms with E-state index in [0.29, 0.717) is 25.9 Å². The van der Waals surface area contributed by atoms with Crippen molar-refractivity contribution in [3.05, 3.63) is 12.2 Å². The summed E-state index contributed by atoms with van der Waals surface area (Å²) < 4.78 is 16.2. The predicted octanol–water partition coefficient (Wildman–Crippen LogP) is 3.54. The SMILES string of the molecule is CCOC(=O)[C@@H]1[C@H]2[C@@H](OC(=O)C(C)(C)CC)C[C@@H](C(=O)OC)C[C@@H]2C=C[C@@H]1C. The highest BCUT2D eigenvalue weighted by atomic mass is 16.6. The maximum absolute atomic E-state index is 12.8. The molecule has 0 bridgehead atoms. The first-order valence-electron chi connectivity index (χ1n) is 10.3. The summed E-state index contributed by atoms with van der Waals surface area (Å²) in [6, 6.07) is 0. The van der Waals surface area contributed by atoms with Gasteiger partial charge in [0.15, 0.2) is 0 Å². The van der Waals surface area contributed by atoms with E-state index in [-0.39, 0.29) is 41.6 Å². The van der Waals surface area contributed by atoms with E-state index in [1.807, 2.05) is 33.8 Å². The third-order valence-electron chi connectivity index (χ3n) is 6.43. The Bertz CT molecular complexity index is 623. The number of carbonyl (C=O) groups is 3. The van der Waals surface area contributed by atoms with E-state index in [9.17, 15) is 14.4 Å². The molecule has 28 heavy (non-hydrogen) atoms. The van der Waals surface area contributed by atoms with Crippen molar-refractivity contribution in [3.63, 3.8) is 0 Å². The van der Waals surface area contributed by atoms with Gasteiger partial charge in [-0.05, 0) is 51.9 Å². The number of rotatable bonds is 6. The van der Waals surface area contributed by atoms with Crippen LogP contribution in [0.25, 0.3) is 0 Å². The number of allylic oxidation sites excluding steroid dienone is 2. The zero-order valence-electron chi connectivity index (χ0n) is 17.9. The molecule has 0 N–H and O–H groups in total. The number of methoxy groups -OCH3 is 1. The topological polar surface area (TPSA) is 78.9 Å². The van der Waals surface area contributed by atoms with E-state index in [1.54, 1.807) is 6.92 Å². The Balaban J connectivity index is 2.37. The van der Waals surface area contributed by atoms with Crippen molar-refractivity contribution in [2.24, 2.45) is 35.0 Å². The predicted molar refractivity (Wildman–Crippen MR) is 104 cm³/mol. The lowest BCUT2D eigenvalue weighted by Crippen LogP contribution is -2.50. The summed E-state index contributed by atoms with van der Waals surface area (Å²) in [5, 5.41) is 0. The van der Waals surface area contributed by atoms with Crippen LogP contribution in [0.1, 0.15) is 53.9 Å². The Morgan fingerprint density at radius 3 is 2.32 bits per heavy atom. The highest BCUT2D eigenvalue weighted by Crippen LogP contribution is 2.47. The summed E-state index contributed by atoms with van der Waals surface area (Å²) in [7, 11) is 1.37. The minimum absolute atomic E-state index is 0.0182. The van der Waals surface area contributed by atoms with Gasteiger partial charge in [-0.2, -0.15) is 0 Å². The Labute approximate surface area is 168 Å². The standard InChI is InChI=1S/C22H34O6/c1-7-22(4,5)21(25)28-16-12-15(19(23)26-6)11-14-10-9-13(3)17(18(14)16)20(24)27-8-2/h9-10,13-18H,7-8,11-12H2,1-6H3/t13-,14-,15-,16-,17-,18+/m0/s1. The molecule has 1 fully saturated rings. The summed E-state index contributed by atoms with van der Waals surface area (Å²) in [6.45, 7) is 9.71. The molecule has 0 unspecified atom stereocenters. The Kier molecular flexibility index (Phi) is 7.29. The van der Waals surface area contributed by atoms with Crippen molar-refractivity contribution in [1.29, 1.82) is 0 Å². The van der Waals surface area contributed by atoms with Crippen molar-refractivity contribution in [2.75, 3.05) is 13.7 Å². The molecule has 0 aromatic rings. The molecule has 6 nitrogen and oxygen atoms in total. The summed E-state index contributed by atoms with van der Waals surface area (Å²) in [5.41, 5.74) is -0.622. The van der Waals surface area contributed by atoms with Crippen LogP contribution in [0.3, 0.4) is 0 Å². The summed E-state index contributed by atoms with van der Waals surface area (Å²) in [4.78, 5) is 37.8. The molecule has 0 spiro atoms. The Hall–Kier alpha value is -1.85. The number of ether oxygens (including phenoxy) is 3. The van der Waals surface area contributed by atoms with Crippen LogP contribution < -0.4 is 0 Å². The van der Waals surface area contributed by atoms with Crippen molar-refractivity contribution >= 4 is 17.9 Å². The summed E-state index contributed by atoms with van der Waals surface area (Å²) in [6.07, 6.45) is 5.15. The fourth-order valence-corrected chi connectivity index (χ4v) is 4.33. The van der Waals surface area contributed by atoms with Crippen LogP contribution in [0.15, 0.2) is 12.2 Å². The molecule has 0 aliphatic heterocycles.